The van der Waals surface area contributed by atoms with Crippen molar-refractivity contribution in [3.05, 3.63) is 30.3 Å². The van der Waals surface area contributed by atoms with E-state index in [4.69, 9.17) is 5.73 Å². The van der Waals surface area contributed by atoms with E-state index in [1.807, 2.05) is 18.2 Å². The Hall–Kier alpha value is -1.77. The van der Waals surface area contributed by atoms with Crippen LogP contribution in [-0.4, -0.2) is 16.8 Å². The Kier molecular flexibility index (Phi) is 2.26. The van der Waals surface area contributed by atoms with Gasteiger partial charge >= 0.3 is 0 Å². The molecule has 0 unspecified atom stereocenters. The lowest BCUT2D eigenvalue weighted by Gasteiger charge is -2.37. The molecule has 3 heteroatoms. The van der Waals surface area contributed by atoms with Gasteiger partial charge in [0.1, 0.15) is 0 Å². The predicted molar refractivity (Wildman–Crippen MR) is 69.6 cm³/mol. The van der Waals surface area contributed by atoms with Crippen LogP contribution in [0.15, 0.2) is 29.8 Å². The van der Waals surface area contributed by atoms with E-state index < -0.39 is 0 Å². The van der Waals surface area contributed by atoms with Crippen LogP contribution in [0.5, 0.6) is 0 Å². The number of nitrogens with zero attached hydrogens (tertiary/aromatic N) is 2. The molecule has 0 bridgehead atoms. The number of hydrogen-bond acceptors (Lipinski definition) is 3. The van der Waals surface area contributed by atoms with Crippen molar-refractivity contribution in [3.63, 3.8) is 0 Å². The van der Waals surface area contributed by atoms with Crippen LogP contribution in [0.2, 0.25) is 0 Å². The predicted octanol–water partition coefficient (Wildman–Crippen LogP) is 3.01. The van der Waals surface area contributed by atoms with Gasteiger partial charge in [-0.2, -0.15) is 0 Å². The highest BCUT2D eigenvalue weighted by Crippen LogP contribution is 2.37. The molecule has 0 atom stereocenters. The number of fused-ring (bicyclic) bond motifs is 1. The summed E-state index contributed by atoms with van der Waals surface area (Å²) in [7, 11) is 0. The minimum atomic E-state index is -0.0249. The lowest BCUT2D eigenvalue weighted by Crippen LogP contribution is -2.39. The molecule has 1 aliphatic rings. The molecule has 0 radical (unpaired) electrons. The third-order valence-electron chi connectivity index (χ3n) is 2.69. The summed E-state index contributed by atoms with van der Waals surface area (Å²) in [5.74, 6) is 0. The van der Waals surface area contributed by atoms with Crippen molar-refractivity contribution in [1.82, 2.24) is 4.90 Å². The van der Waals surface area contributed by atoms with E-state index in [1.54, 1.807) is 6.34 Å². The van der Waals surface area contributed by atoms with Crippen molar-refractivity contribution in [2.75, 3.05) is 5.73 Å². The number of rotatable bonds is 0. The summed E-state index contributed by atoms with van der Waals surface area (Å²) in [5, 5.41) is 0. The summed E-state index contributed by atoms with van der Waals surface area (Å²) >= 11 is 0. The number of nitrogen functional groups attached to an aromatic ring is 1. The zero-order valence-electron chi connectivity index (χ0n) is 9.99. The summed E-state index contributed by atoms with van der Waals surface area (Å²) in [6.45, 7) is 10.5. The fraction of sp³-hybridized carbons (Fsp3) is 0.308. The van der Waals surface area contributed by atoms with E-state index in [0.29, 0.717) is 5.69 Å². The second-order valence-corrected chi connectivity index (χ2v) is 4.98. The minimum Gasteiger partial charge on any atom is -0.397 e. The maximum absolute atomic E-state index is 5.88. The molecule has 0 aromatic heterocycles. The third kappa shape index (κ3) is 1.58. The van der Waals surface area contributed by atoms with E-state index >= 15 is 0 Å². The summed E-state index contributed by atoms with van der Waals surface area (Å²) in [6, 6.07) is 5.79. The number of hydrogen-bond donors (Lipinski definition) is 1. The number of nitrogens with two attached hydrogens (primary N) is 1. The van der Waals surface area contributed by atoms with Crippen LogP contribution in [0.1, 0.15) is 26.3 Å². The summed E-state index contributed by atoms with van der Waals surface area (Å²) in [6.07, 6.45) is 1.81. The van der Waals surface area contributed by atoms with E-state index in [2.05, 4.69) is 37.2 Å². The topological polar surface area (TPSA) is 41.6 Å². The molecule has 0 spiro atoms. The van der Waals surface area contributed by atoms with Gasteiger partial charge in [0, 0.05) is 16.8 Å². The van der Waals surface area contributed by atoms with Crippen LogP contribution in [0, 0.1) is 0 Å². The van der Waals surface area contributed by atoms with Gasteiger partial charge < -0.3 is 10.6 Å². The third-order valence-corrected chi connectivity index (χ3v) is 2.69. The van der Waals surface area contributed by atoms with Gasteiger partial charge in [-0.05, 0) is 26.8 Å². The van der Waals surface area contributed by atoms with E-state index in [1.165, 1.54) is 0 Å². The number of para-hydroxylation sites is 1. The van der Waals surface area contributed by atoms with Gasteiger partial charge in [-0.25, -0.2) is 4.99 Å². The van der Waals surface area contributed by atoms with Gasteiger partial charge in [0.25, 0.3) is 0 Å². The Morgan fingerprint density at radius 3 is 2.62 bits per heavy atom. The summed E-state index contributed by atoms with van der Waals surface area (Å²) in [4.78, 5) is 6.47. The quantitative estimate of drug-likeness (QED) is 0.676. The molecular formula is C13H17N3. The maximum atomic E-state index is 5.88. The van der Waals surface area contributed by atoms with Crippen LogP contribution in [-0.2, 0) is 0 Å². The highest BCUT2D eigenvalue weighted by Gasteiger charge is 2.26. The standard InChI is InChI=1S/C13H17N3/c1-9-10-6-5-7-11(14)12(10)15-8-16(9)13(2,3)4/h5-8H,1,14H2,2-4H3. The van der Waals surface area contributed by atoms with Gasteiger partial charge in [0.2, 0.25) is 0 Å². The van der Waals surface area contributed by atoms with Gasteiger partial charge in [-0.1, -0.05) is 18.7 Å². The normalized spacial score (nSPS) is 15.2. The molecule has 3 nitrogen and oxygen atoms in total. The Labute approximate surface area is 96.3 Å². The molecule has 2 rings (SSSR count). The van der Waals surface area contributed by atoms with Crippen LogP contribution in [0.4, 0.5) is 11.4 Å². The first-order chi connectivity index (χ1) is 7.41. The van der Waals surface area contributed by atoms with Crippen LogP contribution < -0.4 is 5.73 Å². The Morgan fingerprint density at radius 1 is 1.31 bits per heavy atom. The lowest BCUT2D eigenvalue weighted by molar-refractivity contribution is 0.334. The number of aliphatic imine (C=N–C) groups is 1. The Morgan fingerprint density at radius 2 is 2.00 bits per heavy atom. The average molecular weight is 215 g/mol. The molecule has 1 aliphatic heterocycles. The molecule has 0 fully saturated rings. The van der Waals surface area contributed by atoms with Crippen LogP contribution >= 0.6 is 0 Å². The summed E-state index contributed by atoms with van der Waals surface area (Å²) < 4.78 is 0. The Bertz CT molecular complexity index is 467. The molecule has 0 saturated heterocycles. The molecule has 84 valence electrons. The fourth-order valence-corrected chi connectivity index (χ4v) is 1.83. The molecule has 2 N–H and O–H groups in total. The van der Waals surface area contributed by atoms with Crippen molar-refractivity contribution in [3.8, 4) is 0 Å². The van der Waals surface area contributed by atoms with Crippen molar-refractivity contribution < 1.29 is 0 Å². The Balaban J connectivity index is 2.52. The lowest BCUT2D eigenvalue weighted by atomic mass is 10.0. The molecule has 1 aromatic carbocycles. The zero-order valence-corrected chi connectivity index (χ0v) is 9.99. The van der Waals surface area contributed by atoms with Crippen LogP contribution in [0.3, 0.4) is 0 Å². The molecule has 1 aromatic rings. The number of benzene rings is 1. The maximum Gasteiger partial charge on any atom is 0.0969 e. The number of anilines is 1. The van der Waals surface area contributed by atoms with Crippen molar-refractivity contribution in [2.24, 2.45) is 4.99 Å². The SMILES string of the molecule is C=C1c2cccc(N)c2N=CN1C(C)(C)C. The van der Waals surface area contributed by atoms with Gasteiger partial charge in [-0.3, -0.25) is 0 Å². The van der Waals surface area contributed by atoms with E-state index in [-0.39, 0.29) is 5.54 Å². The fourth-order valence-electron chi connectivity index (χ4n) is 1.83. The summed E-state index contributed by atoms with van der Waals surface area (Å²) in [5.41, 5.74) is 9.34. The molecule has 1 heterocycles. The van der Waals surface area contributed by atoms with Crippen molar-refractivity contribution in [1.29, 1.82) is 0 Å². The highest BCUT2D eigenvalue weighted by atomic mass is 15.2. The van der Waals surface area contributed by atoms with Crippen LogP contribution in [0.25, 0.3) is 5.70 Å². The first kappa shape index (κ1) is 10.7. The largest absolute Gasteiger partial charge is 0.397 e. The first-order valence-corrected chi connectivity index (χ1v) is 5.32. The highest BCUT2D eigenvalue weighted by molar-refractivity contribution is 5.91. The molecule has 16 heavy (non-hydrogen) atoms. The molecular weight excluding hydrogens is 198 g/mol. The average Bonchev–Trinajstić information content (AvgIpc) is 2.18. The van der Waals surface area contributed by atoms with Gasteiger partial charge in [-0.15, -0.1) is 0 Å². The van der Waals surface area contributed by atoms with Gasteiger partial charge in [0.05, 0.1) is 17.7 Å². The molecule has 0 aliphatic carbocycles. The monoisotopic (exact) mass is 215 g/mol. The second kappa shape index (κ2) is 3.37. The van der Waals surface area contributed by atoms with Crippen molar-refractivity contribution >= 4 is 23.4 Å². The van der Waals surface area contributed by atoms with Gasteiger partial charge in [0.15, 0.2) is 0 Å². The van der Waals surface area contributed by atoms with E-state index in [9.17, 15) is 0 Å². The first-order valence-electron chi connectivity index (χ1n) is 5.32. The molecule has 0 amide bonds. The smallest absolute Gasteiger partial charge is 0.0969 e. The molecule has 0 saturated carbocycles. The van der Waals surface area contributed by atoms with Crippen molar-refractivity contribution in [2.45, 2.75) is 26.3 Å². The minimum absolute atomic E-state index is 0.0249. The second-order valence-electron chi connectivity index (χ2n) is 4.98. The van der Waals surface area contributed by atoms with E-state index in [0.717, 1.165) is 16.9 Å². The zero-order chi connectivity index (χ0) is 11.9.